The van der Waals surface area contributed by atoms with Crippen molar-refractivity contribution >= 4 is 17.7 Å². The molecule has 0 spiro atoms. The Kier molecular flexibility index (Phi) is 5.10. The Morgan fingerprint density at radius 3 is 2.35 bits per heavy atom. The molecule has 0 unspecified atom stereocenters. The molecule has 11 heteroatoms. The van der Waals surface area contributed by atoms with Crippen molar-refractivity contribution in [2.75, 3.05) is 5.75 Å². The van der Waals surface area contributed by atoms with Crippen LogP contribution in [0.15, 0.2) is 16.5 Å². The van der Waals surface area contributed by atoms with Crippen molar-refractivity contribution in [1.29, 1.82) is 0 Å². The van der Waals surface area contributed by atoms with E-state index in [0.29, 0.717) is 11.5 Å². The zero-order valence-electron chi connectivity index (χ0n) is 12.7. The molecule has 0 amide bonds. The van der Waals surface area contributed by atoms with E-state index in [9.17, 15) is 26.7 Å². The molecule has 1 aromatic heterocycles. The lowest BCUT2D eigenvalue weighted by Gasteiger charge is -2.10. The molecule has 0 radical (unpaired) electrons. The quantitative estimate of drug-likeness (QED) is 0.460. The van der Waals surface area contributed by atoms with Gasteiger partial charge < -0.3 is 14.3 Å². The van der Waals surface area contributed by atoms with Crippen LogP contribution in [0.4, 0.5) is 22.0 Å². The normalized spacial score (nSPS) is 19.7. The molecule has 1 saturated heterocycles. The highest BCUT2D eigenvalue weighted by Gasteiger charge is 2.32. The van der Waals surface area contributed by atoms with E-state index in [-0.39, 0.29) is 5.76 Å². The number of ether oxygens (including phenoxy) is 1. The second-order valence-electron chi connectivity index (χ2n) is 5.26. The van der Waals surface area contributed by atoms with Crippen LogP contribution in [0.1, 0.15) is 16.9 Å². The highest BCUT2D eigenvalue weighted by molar-refractivity contribution is 7.99. The third kappa shape index (κ3) is 3.36. The second kappa shape index (κ2) is 7.16. The number of carboxylic acid groups (broad SMARTS) is 1. The predicted octanol–water partition coefficient (Wildman–Crippen LogP) is 3.34. The van der Waals surface area contributed by atoms with Crippen molar-refractivity contribution in [3.05, 3.63) is 52.7 Å². The van der Waals surface area contributed by atoms with Gasteiger partial charge in [0.15, 0.2) is 5.75 Å². The molecule has 5 nitrogen and oxygen atoms in total. The van der Waals surface area contributed by atoms with E-state index in [1.807, 2.05) is 0 Å². The van der Waals surface area contributed by atoms with Crippen LogP contribution in [-0.2, 0) is 11.4 Å². The number of thioether (sulfide) groups is 1. The minimum atomic E-state index is -2.27. The van der Waals surface area contributed by atoms with Crippen LogP contribution in [0.3, 0.4) is 0 Å². The third-order valence-corrected chi connectivity index (χ3v) is 4.78. The highest BCUT2D eigenvalue weighted by Crippen LogP contribution is 2.34. The predicted molar refractivity (Wildman–Crippen MR) is 79.0 cm³/mol. The minimum Gasteiger partial charge on any atom is -0.480 e. The molecule has 3 rings (SSSR count). The summed E-state index contributed by atoms with van der Waals surface area (Å²) in [7, 11) is 0. The Morgan fingerprint density at radius 2 is 1.77 bits per heavy atom. The maximum absolute atomic E-state index is 13.5. The molecule has 0 bridgehead atoms. The fourth-order valence-corrected chi connectivity index (χ4v) is 3.42. The van der Waals surface area contributed by atoms with Gasteiger partial charge in [-0.25, -0.2) is 13.2 Å². The van der Waals surface area contributed by atoms with Crippen molar-refractivity contribution in [2.24, 2.45) is 0 Å². The number of carbonyl (C=O) groups is 1. The van der Waals surface area contributed by atoms with Crippen LogP contribution in [-0.4, -0.2) is 22.9 Å². The maximum Gasteiger partial charge on any atom is 0.321 e. The zero-order chi connectivity index (χ0) is 19.0. The van der Waals surface area contributed by atoms with Crippen LogP contribution in [0.25, 0.3) is 0 Å². The molecular formula is C15H10F5NO4S. The summed E-state index contributed by atoms with van der Waals surface area (Å²) in [4.78, 5) is 10.9. The van der Waals surface area contributed by atoms with E-state index < -0.39 is 58.8 Å². The lowest BCUT2D eigenvalue weighted by molar-refractivity contribution is -0.138. The highest BCUT2D eigenvalue weighted by atomic mass is 32.2. The SMILES string of the molecule is O=C(O)[C@H]1CS[C@@H](c2ccc(COc3c(F)c(F)c(F)c(F)c3F)o2)N1. The van der Waals surface area contributed by atoms with Gasteiger partial charge in [0.2, 0.25) is 29.1 Å². The number of furan rings is 1. The van der Waals surface area contributed by atoms with Gasteiger partial charge in [-0.1, -0.05) is 0 Å². The first-order valence-electron chi connectivity index (χ1n) is 7.13. The molecule has 2 N–H and O–H groups in total. The monoisotopic (exact) mass is 395 g/mol. The summed E-state index contributed by atoms with van der Waals surface area (Å²) >= 11 is 1.28. The van der Waals surface area contributed by atoms with E-state index >= 15 is 0 Å². The average molecular weight is 395 g/mol. The summed E-state index contributed by atoms with van der Waals surface area (Å²) in [6, 6.07) is 2.13. The molecule has 26 heavy (non-hydrogen) atoms. The van der Waals surface area contributed by atoms with Gasteiger partial charge in [-0.05, 0) is 12.1 Å². The Hall–Kier alpha value is -2.27. The number of nitrogens with one attached hydrogen (secondary N) is 1. The fourth-order valence-electron chi connectivity index (χ4n) is 2.25. The van der Waals surface area contributed by atoms with Crippen molar-refractivity contribution in [2.45, 2.75) is 18.0 Å². The zero-order valence-corrected chi connectivity index (χ0v) is 13.5. The Labute approximate surface area is 147 Å². The molecule has 1 aliphatic rings. The number of aliphatic carboxylic acids is 1. The molecule has 1 fully saturated rings. The lowest BCUT2D eigenvalue weighted by Crippen LogP contribution is -2.33. The number of hydrogen-bond donors (Lipinski definition) is 2. The average Bonchev–Trinajstić information content (AvgIpc) is 3.27. The number of carboxylic acids is 1. The van der Waals surface area contributed by atoms with Gasteiger partial charge in [-0.15, -0.1) is 11.8 Å². The number of hydrogen-bond acceptors (Lipinski definition) is 5. The summed E-state index contributed by atoms with van der Waals surface area (Å²) in [6.45, 7) is -0.585. The summed E-state index contributed by atoms with van der Waals surface area (Å²) in [5.41, 5.74) is 0. The first-order valence-corrected chi connectivity index (χ1v) is 8.17. The van der Waals surface area contributed by atoms with Crippen molar-refractivity contribution in [3.63, 3.8) is 0 Å². The van der Waals surface area contributed by atoms with Crippen LogP contribution < -0.4 is 10.1 Å². The standard InChI is InChI=1S/C15H10F5NO4S/c16-8-9(17)11(19)13(12(20)10(8)18)24-3-5-1-2-7(25-5)14-21-6(4-26-14)15(22)23/h1-2,6,14,21H,3-4H2,(H,22,23)/t6-,14+/m1/s1. The Morgan fingerprint density at radius 1 is 1.15 bits per heavy atom. The smallest absolute Gasteiger partial charge is 0.321 e. The van der Waals surface area contributed by atoms with Gasteiger partial charge in [0, 0.05) is 5.75 Å². The van der Waals surface area contributed by atoms with Crippen molar-refractivity contribution in [1.82, 2.24) is 5.32 Å². The summed E-state index contributed by atoms with van der Waals surface area (Å²) in [5, 5.41) is 11.3. The summed E-state index contributed by atoms with van der Waals surface area (Å²) in [5.74, 6) is -12.3. The molecule has 1 aliphatic heterocycles. The van der Waals surface area contributed by atoms with Crippen LogP contribution in [0, 0.1) is 29.1 Å². The van der Waals surface area contributed by atoms with Gasteiger partial charge in [0.1, 0.15) is 29.5 Å². The number of rotatable bonds is 5. The van der Waals surface area contributed by atoms with Crippen LogP contribution in [0.2, 0.25) is 0 Å². The largest absolute Gasteiger partial charge is 0.480 e. The van der Waals surface area contributed by atoms with Gasteiger partial charge in [0.05, 0.1) is 0 Å². The topological polar surface area (TPSA) is 71.7 Å². The summed E-state index contributed by atoms with van der Waals surface area (Å²) < 4.78 is 76.3. The number of benzene rings is 1. The molecule has 140 valence electrons. The third-order valence-electron chi connectivity index (χ3n) is 3.55. The molecule has 2 heterocycles. The first kappa shape index (κ1) is 18.5. The van der Waals surface area contributed by atoms with Crippen LogP contribution >= 0.6 is 11.8 Å². The second-order valence-corrected chi connectivity index (χ2v) is 6.40. The Balaban J connectivity index is 1.71. The lowest BCUT2D eigenvalue weighted by atomic mass is 10.2. The van der Waals surface area contributed by atoms with E-state index in [1.54, 1.807) is 0 Å². The van der Waals surface area contributed by atoms with Crippen LogP contribution in [0.5, 0.6) is 5.75 Å². The molecule has 0 saturated carbocycles. The molecule has 2 atom stereocenters. The maximum atomic E-state index is 13.5. The molecule has 1 aromatic carbocycles. The first-order chi connectivity index (χ1) is 12.3. The van der Waals surface area contributed by atoms with Gasteiger partial charge in [-0.3, -0.25) is 10.1 Å². The van der Waals surface area contributed by atoms with E-state index in [0.717, 1.165) is 0 Å². The molecule has 0 aliphatic carbocycles. The van der Waals surface area contributed by atoms with Crippen molar-refractivity contribution in [3.8, 4) is 5.75 Å². The fraction of sp³-hybridized carbons (Fsp3) is 0.267. The van der Waals surface area contributed by atoms with Gasteiger partial charge >= 0.3 is 5.97 Å². The van der Waals surface area contributed by atoms with E-state index in [1.165, 1.54) is 23.9 Å². The van der Waals surface area contributed by atoms with E-state index in [4.69, 9.17) is 14.3 Å². The van der Waals surface area contributed by atoms with E-state index in [2.05, 4.69) is 5.32 Å². The molecular weight excluding hydrogens is 385 g/mol. The summed E-state index contributed by atoms with van der Waals surface area (Å²) in [6.07, 6.45) is 0. The van der Waals surface area contributed by atoms with Gasteiger partial charge in [-0.2, -0.15) is 8.78 Å². The molecule has 2 aromatic rings. The minimum absolute atomic E-state index is 0.0603. The Bertz CT molecular complexity index is 830. The van der Waals surface area contributed by atoms with Crippen molar-refractivity contribution < 1.29 is 41.0 Å². The number of halogens is 5. The van der Waals surface area contributed by atoms with Gasteiger partial charge in [0.25, 0.3) is 0 Å².